The van der Waals surface area contributed by atoms with E-state index < -0.39 is 10.9 Å². The van der Waals surface area contributed by atoms with Crippen molar-refractivity contribution in [2.75, 3.05) is 0 Å². The number of nitrogens with zero attached hydrogens (tertiary/aromatic N) is 4. The molecule has 1 aromatic heterocycles. The lowest BCUT2D eigenvalue weighted by Gasteiger charge is -2.07. The third-order valence-corrected chi connectivity index (χ3v) is 3.01. The maximum absolute atomic E-state index is 11.2. The largest absolute Gasteiger partial charge is 0.476 e. The van der Waals surface area contributed by atoms with E-state index in [2.05, 4.69) is 10.3 Å². The van der Waals surface area contributed by atoms with Gasteiger partial charge in [0, 0.05) is 6.07 Å². The van der Waals surface area contributed by atoms with Crippen LogP contribution in [0.15, 0.2) is 18.2 Å². The number of aromatic nitrogens is 3. The van der Waals surface area contributed by atoms with Gasteiger partial charge in [-0.2, -0.15) is 0 Å². The molecule has 1 aromatic carbocycles. The van der Waals surface area contributed by atoms with Gasteiger partial charge in [-0.05, 0) is 25.0 Å². The molecule has 0 unspecified atom stereocenters. The average molecular weight is 290 g/mol. The molecule has 1 N–H and O–H groups in total. The number of carboxylic acid groups (broad SMARTS) is 1. The van der Waals surface area contributed by atoms with Crippen LogP contribution in [-0.4, -0.2) is 31.0 Å². The van der Waals surface area contributed by atoms with Gasteiger partial charge in [0.2, 0.25) is 0 Å². The SMILES string of the molecule is CCCc1c(C(=O)O)nnn1-c1ccc(C)cc1[N+](=O)[O-]. The van der Waals surface area contributed by atoms with Crippen molar-refractivity contribution < 1.29 is 14.8 Å². The van der Waals surface area contributed by atoms with Crippen LogP contribution in [-0.2, 0) is 6.42 Å². The Kier molecular flexibility index (Phi) is 3.97. The summed E-state index contributed by atoms with van der Waals surface area (Å²) in [5.41, 5.74) is 1.01. The van der Waals surface area contributed by atoms with Gasteiger partial charge in [-0.3, -0.25) is 10.1 Å². The number of aryl methyl sites for hydroxylation is 1. The number of nitro benzene ring substituents is 1. The minimum absolute atomic E-state index is 0.130. The zero-order valence-corrected chi connectivity index (χ0v) is 11.6. The van der Waals surface area contributed by atoms with Crippen LogP contribution in [0.3, 0.4) is 0 Å². The number of carboxylic acids is 1. The Morgan fingerprint density at radius 2 is 2.19 bits per heavy atom. The molecule has 1 heterocycles. The fourth-order valence-corrected chi connectivity index (χ4v) is 2.08. The molecule has 110 valence electrons. The van der Waals surface area contributed by atoms with Crippen LogP contribution >= 0.6 is 0 Å². The molecule has 0 fully saturated rings. The summed E-state index contributed by atoms with van der Waals surface area (Å²) in [7, 11) is 0. The highest BCUT2D eigenvalue weighted by Gasteiger charge is 2.24. The van der Waals surface area contributed by atoms with Crippen LogP contribution in [0.4, 0.5) is 5.69 Å². The molecule has 2 aromatic rings. The molecule has 0 radical (unpaired) electrons. The second kappa shape index (κ2) is 5.70. The number of rotatable bonds is 5. The Hall–Kier alpha value is -2.77. The summed E-state index contributed by atoms with van der Waals surface area (Å²) in [5.74, 6) is -1.19. The van der Waals surface area contributed by atoms with Gasteiger partial charge in [0.15, 0.2) is 5.69 Å². The summed E-state index contributed by atoms with van der Waals surface area (Å²) in [5, 5.41) is 27.7. The van der Waals surface area contributed by atoms with Gasteiger partial charge in [0.25, 0.3) is 5.69 Å². The maximum atomic E-state index is 11.2. The van der Waals surface area contributed by atoms with Crippen molar-refractivity contribution in [3.8, 4) is 5.69 Å². The number of benzene rings is 1. The van der Waals surface area contributed by atoms with Crippen molar-refractivity contribution >= 4 is 11.7 Å². The lowest BCUT2D eigenvalue weighted by Crippen LogP contribution is -2.08. The number of hydrogen-bond acceptors (Lipinski definition) is 5. The molecule has 0 spiro atoms. The van der Waals surface area contributed by atoms with E-state index in [1.807, 2.05) is 6.92 Å². The number of hydrogen-bond donors (Lipinski definition) is 1. The molecule has 0 saturated carbocycles. The summed E-state index contributed by atoms with van der Waals surface area (Å²) < 4.78 is 1.24. The van der Waals surface area contributed by atoms with Crippen LogP contribution in [0.5, 0.6) is 0 Å². The van der Waals surface area contributed by atoms with E-state index in [0.717, 1.165) is 5.56 Å². The first-order valence-electron chi connectivity index (χ1n) is 6.39. The zero-order valence-electron chi connectivity index (χ0n) is 11.6. The molecule has 21 heavy (non-hydrogen) atoms. The molecule has 0 aliphatic heterocycles. The number of aromatic carboxylic acids is 1. The Labute approximate surface area is 120 Å². The summed E-state index contributed by atoms with van der Waals surface area (Å²) in [6, 6.07) is 4.68. The van der Waals surface area contributed by atoms with Crippen LogP contribution in [0.2, 0.25) is 0 Å². The lowest BCUT2D eigenvalue weighted by atomic mass is 10.1. The molecule has 0 aliphatic rings. The van der Waals surface area contributed by atoms with Gasteiger partial charge in [-0.1, -0.05) is 24.6 Å². The van der Waals surface area contributed by atoms with Crippen molar-refractivity contribution in [1.29, 1.82) is 0 Å². The van der Waals surface area contributed by atoms with Gasteiger partial charge >= 0.3 is 5.97 Å². The number of carbonyl (C=O) groups is 1. The van der Waals surface area contributed by atoms with Gasteiger partial charge in [-0.15, -0.1) is 5.10 Å². The third-order valence-electron chi connectivity index (χ3n) is 3.01. The van der Waals surface area contributed by atoms with E-state index in [1.165, 1.54) is 10.7 Å². The van der Waals surface area contributed by atoms with E-state index in [1.54, 1.807) is 19.1 Å². The predicted molar refractivity (Wildman–Crippen MR) is 73.7 cm³/mol. The van der Waals surface area contributed by atoms with Crippen molar-refractivity contribution in [3.05, 3.63) is 45.3 Å². The Balaban J connectivity index is 2.67. The fraction of sp³-hybridized carbons (Fsp3) is 0.308. The normalized spacial score (nSPS) is 10.6. The number of nitro groups is 1. The summed E-state index contributed by atoms with van der Waals surface area (Å²) in [4.78, 5) is 21.8. The van der Waals surface area contributed by atoms with Gasteiger partial charge in [-0.25, -0.2) is 9.48 Å². The molecular weight excluding hydrogens is 276 g/mol. The smallest absolute Gasteiger partial charge is 0.358 e. The Bertz CT molecular complexity index is 708. The van der Waals surface area contributed by atoms with Gasteiger partial charge < -0.3 is 5.11 Å². The van der Waals surface area contributed by atoms with Crippen LogP contribution in [0.1, 0.15) is 35.1 Å². The Morgan fingerprint density at radius 1 is 1.48 bits per heavy atom. The molecule has 2 rings (SSSR count). The van der Waals surface area contributed by atoms with E-state index >= 15 is 0 Å². The van der Waals surface area contributed by atoms with Crippen LogP contribution in [0, 0.1) is 17.0 Å². The first-order chi connectivity index (χ1) is 9.95. The minimum Gasteiger partial charge on any atom is -0.476 e. The second-order valence-corrected chi connectivity index (χ2v) is 4.60. The van der Waals surface area contributed by atoms with Gasteiger partial charge in [0.05, 0.1) is 10.6 Å². The monoisotopic (exact) mass is 290 g/mol. The Morgan fingerprint density at radius 3 is 2.76 bits per heavy atom. The first kappa shape index (κ1) is 14.6. The second-order valence-electron chi connectivity index (χ2n) is 4.60. The van der Waals surface area contributed by atoms with E-state index in [-0.39, 0.29) is 17.1 Å². The van der Waals surface area contributed by atoms with Crippen LogP contribution in [0.25, 0.3) is 5.69 Å². The van der Waals surface area contributed by atoms with E-state index in [0.29, 0.717) is 18.5 Å². The van der Waals surface area contributed by atoms with Crippen molar-refractivity contribution in [2.45, 2.75) is 26.7 Å². The van der Waals surface area contributed by atoms with E-state index in [9.17, 15) is 14.9 Å². The molecule has 8 nitrogen and oxygen atoms in total. The molecular formula is C13H14N4O4. The molecule has 0 atom stereocenters. The maximum Gasteiger partial charge on any atom is 0.358 e. The minimum atomic E-state index is -1.19. The highest BCUT2D eigenvalue weighted by molar-refractivity contribution is 5.86. The third kappa shape index (κ3) is 2.73. The quantitative estimate of drug-likeness (QED) is 0.667. The van der Waals surface area contributed by atoms with Crippen LogP contribution < -0.4 is 0 Å². The first-order valence-corrected chi connectivity index (χ1v) is 6.39. The summed E-state index contributed by atoms with van der Waals surface area (Å²) in [6.45, 7) is 3.63. The van der Waals surface area contributed by atoms with Gasteiger partial charge in [0.1, 0.15) is 5.69 Å². The molecule has 0 amide bonds. The standard InChI is InChI=1S/C13H14N4O4/c1-3-4-10-12(13(18)19)14-15-16(10)9-6-5-8(2)7-11(9)17(20)21/h5-7H,3-4H2,1-2H3,(H,18,19). The summed E-state index contributed by atoms with van der Waals surface area (Å²) in [6.07, 6.45) is 1.09. The highest BCUT2D eigenvalue weighted by Crippen LogP contribution is 2.25. The average Bonchev–Trinajstić information content (AvgIpc) is 2.83. The highest BCUT2D eigenvalue weighted by atomic mass is 16.6. The predicted octanol–water partition coefficient (Wildman–Crippen LogP) is 2.13. The molecule has 0 bridgehead atoms. The zero-order chi connectivity index (χ0) is 15.6. The van der Waals surface area contributed by atoms with Crippen molar-refractivity contribution in [1.82, 2.24) is 15.0 Å². The molecule has 0 aliphatic carbocycles. The van der Waals surface area contributed by atoms with E-state index in [4.69, 9.17) is 5.11 Å². The molecule has 8 heteroatoms. The topological polar surface area (TPSA) is 111 Å². The van der Waals surface area contributed by atoms with Crippen molar-refractivity contribution in [3.63, 3.8) is 0 Å². The van der Waals surface area contributed by atoms with Crippen molar-refractivity contribution in [2.24, 2.45) is 0 Å². The fourth-order valence-electron chi connectivity index (χ4n) is 2.08. The lowest BCUT2D eigenvalue weighted by molar-refractivity contribution is -0.384. The summed E-state index contributed by atoms with van der Waals surface area (Å²) >= 11 is 0. The molecule has 0 saturated heterocycles.